The molecule has 5 N–H and O–H groups in total. The molecule has 2 aromatic heterocycles. The Morgan fingerprint density at radius 3 is 2.53 bits per heavy atom. The second kappa shape index (κ2) is 7.94. The smallest absolute Gasteiger partial charge is 0.338 e. The van der Waals surface area contributed by atoms with Crippen molar-refractivity contribution in [2.75, 3.05) is 5.73 Å². The minimum atomic E-state index is -1.09. The van der Waals surface area contributed by atoms with Crippen LogP contribution in [-0.2, 0) is 0 Å². The number of hydrogen-bond acceptors (Lipinski definition) is 7. The zero-order chi connectivity index (χ0) is 21.3. The van der Waals surface area contributed by atoms with Gasteiger partial charge in [0.15, 0.2) is 12.0 Å². The first-order chi connectivity index (χ1) is 14.5. The first-order valence-electron chi connectivity index (χ1n) is 8.96. The predicted molar refractivity (Wildman–Crippen MR) is 115 cm³/mol. The fourth-order valence-corrected chi connectivity index (χ4v) is 4.23. The summed E-state index contributed by atoms with van der Waals surface area (Å²) < 4.78 is 6.33. The zero-order valence-electron chi connectivity index (χ0n) is 15.6. The molecule has 2 aromatic carbocycles. The van der Waals surface area contributed by atoms with Crippen LogP contribution in [-0.4, -0.2) is 21.8 Å². The minimum Gasteiger partial charge on any atom is -0.478 e. The highest BCUT2D eigenvalue weighted by Gasteiger charge is 2.21. The Kier molecular flexibility index (Phi) is 5.18. The molecular formula is C22H17N3O4S. The lowest BCUT2D eigenvalue weighted by atomic mass is 10.0. The number of aromatic nitrogens is 1. The number of carbonyl (C=O) groups excluding carboxylic acids is 1. The molecule has 2 heterocycles. The van der Waals surface area contributed by atoms with Gasteiger partial charge in [-0.2, -0.15) is 0 Å². The third-order valence-electron chi connectivity index (χ3n) is 4.59. The average molecular weight is 419 g/mol. The van der Waals surface area contributed by atoms with Crippen molar-refractivity contribution < 1.29 is 19.4 Å². The van der Waals surface area contributed by atoms with E-state index < -0.39 is 12.2 Å². The van der Waals surface area contributed by atoms with E-state index in [-0.39, 0.29) is 17.2 Å². The third kappa shape index (κ3) is 3.61. The summed E-state index contributed by atoms with van der Waals surface area (Å²) in [6, 6.07) is 15.7. The van der Waals surface area contributed by atoms with E-state index in [0.29, 0.717) is 32.5 Å². The third-order valence-corrected chi connectivity index (χ3v) is 5.62. The van der Waals surface area contributed by atoms with Gasteiger partial charge in [0.1, 0.15) is 11.6 Å². The second-order valence-electron chi connectivity index (χ2n) is 6.52. The molecule has 0 bridgehead atoms. The van der Waals surface area contributed by atoms with Crippen LogP contribution in [0.15, 0.2) is 66.2 Å². The summed E-state index contributed by atoms with van der Waals surface area (Å²) in [5.41, 5.74) is 13.8. The van der Waals surface area contributed by atoms with E-state index in [1.807, 2.05) is 6.07 Å². The molecule has 0 aliphatic carbocycles. The van der Waals surface area contributed by atoms with Gasteiger partial charge in [-0.05, 0) is 12.1 Å². The molecule has 0 amide bonds. The SMILES string of the molecule is Nc1ncc(C(=O)O)c2scc(C(N)Oc3cccc(C(=O)c4ccccc4)c3)c12. The summed E-state index contributed by atoms with van der Waals surface area (Å²) in [6.07, 6.45) is 0.305. The standard InChI is InChI=1S/C22H17N3O4S/c23-20-17-16(11-30-19(17)15(10-25-20)22(27)28)21(24)29-14-8-4-7-13(9-14)18(26)12-5-2-1-3-6-12/h1-11,21H,24H2,(H2,23,25)(H,27,28). The number of carboxylic acid groups (broad SMARTS) is 1. The van der Waals surface area contributed by atoms with Gasteiger partial charge in [0.25, 0.3) is 0 Å². The highest BCUT2D eigenvalue weighted by molar-refractivity contribution is 7.17. The molecular weight excluding hydrogens is 402 g/mol. The number of hydrogen-bond donors (Lipinski definition) is 3. The Morgan fingerprint density at radius 1 is 1.07 bits per heavy atom. The summed E-state index contributed by atoms with van der Waals surface area (Å²) in [7, 11) is 0. The summed E-state index contributed by atoms with van der Waals surface area (Å²) in [4.78, 5) is 28.1. The topological polar surface area (TPSA) is 129 Å². The second-order valence-corrected chi connectivity index (χ2v) is 7.40. The number of nitrogens with zero attached hydrogens (tertiary/aromatic N) is 1. The molecule has 1 atom stereocenters. The molecule has 8 heteroatoms. The number of fused-ring (bicyclic) bond motifs is 1. The lowest BCUT2D eigenvalue weighted by molar-refractivity contribution is 0.0698. The van der Waals surface area contributed by atoms with Crippen LogP contribution in [0, 0.1) is 0 Å². The first-order valence-corrected chi connectivity index (χ1v) is 9.84. The van der Waals surface area contributed by atoms with Crippen LogP contribution in [0.5, 0.6) is 5.75 Å². The van der Waals surface area contributed by atoms with Crippen molar-refractivity contribution in [2.45, 2.75) is 6.23 Å². The molecule has 0 spiro atoms. The lowest BCUT2D eigenvalue weighted by Gasteiger charge is -2.15. The van der Waals surface area contributed by atoms with Gasteiger partial charge in [-0.3, -0.25) is 10.5 Å². The van der Waals surface area contributed by atoms with E-state index in [1.165, 1.54) is 17.5 Å². The number of ketones is 1. The number of rotatable bonds is 6. The van der Waals surface area contributed by atoms with Crippen LogP contribution in [0.4, 0.5) is 5.82 Å². The summed E-state index contributed by atoms with van der Waals surface area (Å²) in [6.45, 7) is 0. The normalized spacial score (nSPS) is 11.9. The van der Waals surface area contributed by atoms with Crippen molar-refractivity contribution in [1.29, 1.82) is 0 Å². The predicted octanol–water partition coefficient (Wildman–Crippen LogP) is 3.84. The Morgan fingerprint density at radius 2 is 1.80 bits per heavy atom. The fourth-order valence-electron chi connectivity index (χ4n) is 3.13. The van der Waals surface area contributed by atoms with Gasteiger partial charge in [0.2, 0.25) is 0 Å². The van der Waals surface area contributed by atoms with Gasteiger partial charge >= 0.3 is 5.97 Å². The molecule has 0 fully saturated rings. The van der Waals surface area contributed by atoms with Gasteiger partial charge in [0.05, 0.1) is 10.3 Å². The highest BCUT2D eigenvalue weighted by atomic mass is 32.1. The monoisotopic (exact) mass is 419 g/mol. The molecule has 0 saturated carbocycles. The van der Waals surface area contributed by atoms with Crippen molar-refractivity contribution in [1.82, 2.24) is 4.98 Å². The number of benzene rings is 2. The molecule has 4 rings (SSSR count). The maximum Gasteiger partial charge on any atom is 0.338 e. The minimum absolute atomic E-state index is 0.0538. The molecule has 30 heavy (non-hydrogen) atoms. The van der Waals surface area contributed by atoms with Crippen molar-refractivity contribution in [2.24, 2.45) is 5.73 Å². The van der Waals surface area contributed by atoms with Gasteiger partial charge < -0.3 is 15.6 Å². The van der Waals surface area contributed by atoms with E-state index in [9.17, 15) is 14.7 Å². The number of anilines is 1. The molecule has 1 unspecified atom stereocenters. The van der Waals surface area contributed by atoms with E-state index >= 15 is 0 Å². The van der Waals surface area contributed by atoms with Crippen molar-refractivity contribution >= 4 is 39.0 Å². The van der Waals surface area contributed by atoms with E-state index in [2.05, 4.69) is 4.98 Å². The van der Waals surface area contributed by atoms with Gasteiger partial charge in [-0.15, -0.1) is 11.3 Å². The van der Waals surface area contributed by atoms with Gasteiger partial charge in [-0.25, -0.2) is 9.78 Å². The largest absolute Gasteiger partial charge is 0.478 e. The van der Waals surface area contributed by atoms with E-state index in [1.54, 1.807) is 53.9 Å². The fraction of sp³-hybridized carbons (Fsp3) is 0.0455. The first kappa shape index (κ1) is 19.6. The van der Waals surface area contributed by atoms with Crippen LogP contribution in [0.25, 0.3) is 10.1 Å². The lowest BCUT2D eigenvalue weighted by Crippen LogP contribution is -2.17. The molecule has 4 aromatic rings. The van der Waals surface area contributed by atoms with Crippen molar-refractivity contribution in [3.05, 3.63) is 88.4 Å². The Hall–Kier alpha value is -3.75. The van der Waals surface area contributed by atoms with E-state index in [0.717, 1.165) is 0 Å². The molecule has 150 valence electrons. The number of carboxylic acids is 1. The number of nitrogen functional groups attached to an aromatic ring is 1. The summed E-state index contributed by atoms with van der Waals surface area (Å²) in [5.74, 6) is -0.638. The van der Waals surface area contributed by atoms with Crippen LogP contribution < -0.4 is 16.2 Å². The molecule has 0 aliphatic rings. The number of carbonyl (C=O) groups is 2. The quantitative estimate of drug-likeness (QED) is 0.320. The summed E-state index contributed by atoms with van der Waals surface area (Å²) >= 11 is 1.21. The highest BCUT2D eigenvalue weighted by Crippen LogP contribution is 2.36. The van der Waals surface area contributed by atoms with Gasteiger partial charge in [0, 0.05) is 33.7 Å². The molecule has 0 saturated heterocycles. The Labute approximate surface area is 175 Å². The van der Waals surface area contributed by atoms with Crippen LogP contribution >= 0.6 is 11.3 Å². The van der Waals surface area contributed by atoms with Crippen molar-refractivity contribution in [3.8, 4) is 5.75 Å². The number of nitrogens with two attached hydrogens (primary N) is 2. The van der Waals surface area contributed by atoms with Crippen LogP contribution in [0.1, 0.15) is 38.1 Å². The number of aromatic carboxylic acids is 1. The molecule has 0 aliphatic heterocycles. The van der Waals surface area contributed by atoms with Crippen molar-refractivity contribution in [3.63, 3.8) is 0 Å². The zero-order valence-corrected chi connectivity index (χ0v) is 16.4. The molecule has 0 radical (unpaired) electrons. The summed E-state index contributed by atoms with van der Waals surface area (Å²) in [5, 5.41) is 11.5. The average Bonchev–Trinajstić information content (AvgIpc) is 3.20. The van der Waals surface area contributed by atoms with Crippen LogP contribution in [0.3, 0.4) is 0 Å². The Bertz CT molecular complexity index is 1250. The number of pyridine rings is 1. The van der Waals surface area contributed by atoms with Crippen LogP contribution in [0.2, 0.25) is 0 Å². The maximum atomic E-state index is 12.7. The number of thiophene rings is 1. The van der Waals surface area contributed by atoms with Gasteiger partial charge in [-0.1, -0.05) is 42.5 Å². The Balaban J connectivity index is 1.64. The molecule has 7 nitrogen and oxygen atoms in total. The maximum absolute atomic E-state index is 12.7. The van der Waals surface area contributed by atoms with E-state index in [4.69, 9.17) is 16.2 Å². The number of ether oxygens (including phenoxy) is 1.